The maximum absolute atomic E-state index is 15.2. The molecule has 0 N–H and O–H groups in total. The first-order valence-corrected chi connectivity index (χ1v) is 12.1. The first-order chi connectivity index (χ1) is 17.0. The predicted octanol–water partition coefficient (Wildman–Crippen LogP) is 8.04. The van der Waals surface area contributed by atoms with E-state index in [1.807, 2.05) is 30.3 Å². The van der Waals surface area contributed by atoms with Crippen LogP contribution < -0.4 is 0 Å². The van der Waals surface area contributed by atoms with E-state index in [-0.39, 0.29) is 17.8 Å². The van der Waals surface area contributed by atoms with Gasteiger partial charge >= 0.3 is 0 Å². The average Bonchev–Trinajstić information content (AvgIpc) is 2.87. The molecule has 0 amide bonds. The molecule has 35 heavy (non-hydrogen) atoms. The summed E-state index contributed by atoms with van der Waals surface area (Å²) < 4.78 is 44.2. The number of rotatable bonds is 9. The fourth-order valence-electron chi connectivity index (χ4n) is 4.45. The number of unbranched alkanes of at least 4 members (excludes halogenated alkanes) is 1. The molecule has 0 unspecified atom stereocenters. The Morgan fingerprint density at radius 2 is 1.37 bits per heavy atom. The highest BCUT2D eigenvalue weighted by atomic mass is 19.1. The first kappa shape index (κ1) is 24.5. The van der Waals surface area contributed by atoms with Crippen LogP contribution in [0.25, 0.3) is 10.8 Å². The molecule has 0 aliphatic rings. The van der Waals surface area contributed by atoms with E-state index in [1.54, 1.807) is 24.3 Å². The van der Waals surface area contributed by atoms with Crippen molar-refractivity contribution in [3.63, 3.8) is 0 Å². The first-order valence-electron chi connectivity index (χ1n) is 12.1. The molecule has 4 rings (SSSR count). The lowest BCUT2D eigenvalue weighted by molar-refractivity contribution is 0.550. The highest BCUT2D eigenvalue weighted by Gasteiger charge is 2.13. The fourth-order valence-corrected chi connectivity index (χ4v) is 4.45. The summed E-state index contributed by atoms with van der Waals surface area (Å²) >= 11 is 0. The molecular formula is C31H28F3N. The number of aryl methyl sites for hydroxylation is 4. The van der Waals surface area contributed by atoms with Gasteiger partial charge in [0.05, 0.1) is 11.6 Å². The van der Waals surface area contributed by atoms with Crippen molar-refractivity contribution in [2.45, 2.75) is 51.9 Å². The minimum Gasteiger partial charge on any atom is -0.207 e. The third-order valence-corrected chi connectivity index (χ3v) is 6.55. The Balaban J connectivity index is 1.45. The van der Waals surface area contributed by atoms with Gasteiger partial charge < -0.3 is 0 Å². The standard InChI is InChI=1S/C31H28F3N/c1-2-3-4-24-18-29(32)28(30(33)19-24)16-11-22-10-15-27-26(17-22)14-13-25(31(27)34)12-9-21-5-7-23(20-35)8-6-21/h5-8,10,13-15,17-19H,2-4,9,11-12,16H2,1H3. The second kappa shape index (κ2) is 11.2. The normalized spacial score (nSPS) is 11.1. The van der Waals surface area contributed by atoms with Crippen LogP contribution in [0.1, 0.15) is 53.1 Å². The summed E-state index contributed by atoms with van der Waals surface area (Å²) in [4.78, 5) is 0. The molecule has 1 nitrogen and oxygen atoms in total. The molecule has 0 atom stereocenters. The molecule has 0 saturated heterocycles. The van der Waals surface area contributed by atoms with E-state index in [2.05, 4.69) is 13.0 Å². The smallest absolute Gasteiger partial charge is 0.134 e. The molecule has 0 aliphatic carbocycles. The molecule has 4 aromatic carbocycles. The van der Waals surface area contributed by atoms with Gasteiger partial charge in [-0.15, -0.1) is 0 Å². The lowest BCUT2D eigenvalue weighted by Gasteiger charge is -2.10. The number of halogens is 3. The van der Waals surface area contributed by atoms with Crippen LogP contribution in [-0.2, 0) is 32.1 Å². The Morgan fingerprint density at radius 3 is 2.06 bits per heavy atom. The predicted molar refractivity (Wildman–Crippen MR) is 135 cm³/mol. The Hall–Kier alpha value is -3.58. The number of nitrogens with zero attached hydrogens (tertiary/aromatic N) is 1. The van der Waals surface area contributed by atoms with E-state index in [0.29, 0.717) is 47.8 Å². The highest BCUT2D eigenvalue weighted by Crippen LogP contribution is 2.25. The number of nitriles is 1. The summed E-state index contributed by atoms with van der Waals surface area (Å²) in [5.41, 5.74) is 4.02. The minimum atomic E-state index is -0.491. The Labute approximate surface area is 204 Å². The maximum atomic E-state index is 15.2. The van der Waals surface area contributed by atoms with Gasteiger partial charge in [-0.1, -0.05) is 55.8 Å². The summed E-state index contributed by atoms with van der Waals surface area (Å²) in [7, 11) is 0. The fraction of sp³-hybridized carbons (Fsp3) is 0.258. The van der Waals surface area contributed by atoms with Gasteiger partial charge in [-0.3, -0.25) is 0 Å². The molecule has 0 radical (unpaired) electrons. The van der Waals surface area contributed by atoms with Crippen molar-refractivity contribution in [2.75, 3.05) is 0 Å². The van der Waals surface area contributed by atoms with Crippen LogP contribution in [-0.4, -0.2) is 0 Å². The van der Waals surface area contributed by atoms with E-state index in [1.165, 1.54) is 12.1 Å². The number of benzene rings is 4. The van der Waals surface area contributed by atoms with Crippen molar-refractivity contribution in [3.8, 4) is 6.07 Å². The van der Waals surface area contributed by atoms with Crippen molar-refractivity contribution in [1.29, 1.82) is 5.26 Å². The second-order valence-electron chi connectivity index (χ2n) is 9.04. The molecule has 0 bridgehead atoms. The van der Waals surface area contributed by atoms with Crippen LogP contribution in [0, 0.1) is 28.8 Å². The van der Waals surface area contributed by atoms with Crippen molar-refractivity contribution in [3.05, 3.63) is 118 Å². The van der Waals surface area contributed by atoms with Gasteiger partial charge in [-0.25, -0.2) is 13.2 Å². The van der Waals surface area contributed by atoms with Crippen LogP contribution in [0.5, 0.6) is 0 Å². The third kappa shape index (κ3) is 5.92. The van der Waals surface area contributed by atoms with Crippen molar-refractivity contribution in [1.82, 2.24) is 0 Å². The number of hydrogen-bond donors (Lipinski definition) is 0. The molecule has 0 saturated carbocycles. The van der Waals surface area contributed by atoms with Crippen LogP contribution in [0.3, 0.4) is 0 Å². The third-order valence-electron chi connectivity index (χ3n) is 6.55. The Bertz CT molecular complexity index is 1340. The maximum Gasteiger partial charge on any atom is 0.134 e. The van der Waals surface area contributed by atoms with Crippen molar-refractivity contribution < 1.29 is 13.2 Å². The van der Waals surface area contributed by atoms with Crippen LogP contribution in [0.4, 0.5) is 13.2 Å². The van der Waals surface area contributed by atoms with Gasteiger partial charge in [0.15, 0.2) is 0 Å². The minimum absolute atomic E-state index is 0.106. The molecule has 0 fully saturated rings. The highest BCUT2D eigenvalue weighted by molar-refractivity contribution is 5.84. The zero-order valence-electron chi connectivity index (χ0n) is 19.9. The topological polar surface area (TPSA) is 23.8 Å². The van der Waals surface area contributed by atoms with Crippen LogP contribution in [0.15, 0.2) is 66.7 Å². The van der Waals surface area contributed by atoms with Crippen molar-refractivity contribution >= 4 is 10.8 Å². The van der Waals surface area contributed by atoms with Crippen molar-refractivity contribution in [2.24, 2.45) is 0 Å². The Kier molecular flexibility index (Phi) is 7.87. The molecular weight excluding hydrogens is 443 g/mol. The van der Waals surface area contributed by atoms with E-state index in [0.717, 1.165) is 29.4 Å². The van der Waals surface area contributed by atoms with Crippen LogP contribution in [0.2, 0.25) is 0 Å². The summed E-state index contributed by atoms with van der Waals surface area (Å²) in [6, 6.07) is 21.5. The molecule has 178 valence electrons. The zero-order chi connectivity index (χ0) is 24.8. The van der Waals surface area contributed by atoms with E-state index in [9.17, 15) is 8.78 Å². The molecule has 0 heterocycles. The van der Waals surface area contributed by atoms with Gasteiger partial charge in [0.2, 0.25) is 0 Å². The van der Waals surface area contributed by atoms with Gasteiger partial charge in [-0.2, -0.15) is 5.26 Å². The average molecular weight is 472 g/mol. The molecule has 0 spiro atoms. The summed E-state index contributed by atoms with van der Waals surface area (Å²) in [5, 5.41) is 10.2. The Morgan fingerprint density at radius 1 is 0.686 bits per heavy atom. The van der Waals surface area contributed by atoms with Gasteiger partial charge in [0.1, 0.15) is 17.5 Å². The molecule has 4 heteroatoms. The summed E-state index contributed by atoms with van der Waals surface area (Å²) in [6.45, 7) is 2.05. The van der Waals surface area contributed by atoms with E-state index >= 15 is 4.39 Å². The van der Waals surface area contributed by atoms with Gasteiger partial charge in [0.25, 0.3) is 0 Å². The number of fused-ring (bicyclic) bond motifs is 1. The lowest BCUT2D eigenvalue weighted by Crippen LogP contribution is -2.01. The van der Waals surface area contributed by atoms with Gasteiger partial charge in [0, 0.05) is 10.9 Å². The summed E-state index contributed by atoms with van der Waals surface area (Å²) in [5.74, 6) is -1.22. The quantitative estimate of drug-likeness (QED) is 0.242. The largest absolute Gasteiger partial charge is 0.207 e. The SMILES string of the molecule is CCCCc1cc(F)c(CCc2ccc3c(F)c(CCc4ccc(C#N)cc4)ccc3c2)c(F)c1. The van der Waals surface area contributed by atoms with E-state index < -0.39 is 11.6 Å². The van der Waals surface area contributed by atoms with E-state index in [4.69, 9.17) is 5.26 Å². The number of hydrogen-bond acceptors (Lipinski definition) is 1. The lowest BCUT2D eigenvalue weighted by atomic mass is 9.96. The van der Waals surface area contributed by atoms with Crippen LogP contribution >= 0.6 is 0 Å². The second-order valence-corrected chi connectivity index (χ2v) is 9.04. The van der Waals surface area contributed by atoms with Gasteiger partial charge in [-0.05, 0) is 90.4 Å². The summed E-state index contributed by atoms with van der Waals surface area (Å²) in [6.07, 6.45) is 4.52. The molecule has 4 aromatic rings. The molecule has 0 aromatic heterocycles. The monoisotopic (exact) mass is 471 g/mol. The zero-order valence-corrected chi connectivity index (χ0v) is 19.9. The molecule has 0 aliphatic heterocycles.